The van der Waals surface area contributed by atoms with Gasteiger partial charge in [-0.2, -0.15) is 0 Å². The fourth-order valence-electron chi connectivity index (χ4n) is 6.60. The van der Waals surface area contributed by atoms with E-state index in [9.17, 15) is 19.2 Å². The van der Waals surface area contributed by atoms with Gasteiger partial charge in [-0.05, 0) is 47.2 Å². The van der Waals surface area contributed by atoms with Gasteiger partial charge in [-0.15, -0.1) is 23.2 Å². The Morgan fingerprint density at radius 2 is 1.24 bits per heavy atom. The molecule has 7 rings (SSSR count). The average molecular weight is 655 g/mol. The Labute approximate surface area is 256 Å². The maximum atomic E-state index is 13.8. The van der Waals surface area contributed by atoms with Crippen molar-refractivity contribution in [1.82, 2.24) is 4.90 Å². The van der Waals surface area contributed by atoms with Crippen molar-refractivity contribution in [2.45, 2.75) is 35.4 Å². The minimum absolute atomic E-state index is 0.140. The summed E-state index contributed by atoms with van der Waals surface area (Å²) in [7, 11) is 0. The van der Waals surface area contributed by atoms with Gasteiger partial charge in [0.05, 0.1) is 11.8 Å². The summed E-state index contributed by atoms with van der Waals surface area (Å²) in [5, 5.41) is 0. The molecule has 6 nitrogen and oxygen atoms in total. The molecule has 4 aliphatic rings. The van der Waals surface area contributed by atoms with Crippen LogP contribution < -0.4 is 0 Å². The summed E-state index contributed by atoms with van der Waals surface area (Å²) in [6, 6.07) is 21.9. The van der Waals surface area contributed by atoms with Crippen LogP contribution in [0.25, 0.3) is 0 Å². The number of nitrogens with zero attached hydrogens (tertiary/aromatic N) is 1. The largest absolute Gasteiger partial charge is 0.457 e. The van der Waals surface area contributed by atoms with Crippen LogP contribution in [0.15, 0.2) is 77.3 Å². The molecule has 3 aromatic rings. The van der Waals surface area contributed by atoms with Crippen LogP contribution in [0.5, 0.6) is 0 Å². The van der Waals surface area contributed by atoms with Crippen LogP contribution in [0.1, 0.15) is 58.3 Å². The first-order chi connectivity index (χ1) is 19.7. The van der Waals surface area contributed by atoms with E-state index in [-0.39, 0.29) is 37.2 Å². The van der Waals surface area contributed by atoms with Crippen molar-refractivity contribution in [2.24, 2.45) is 11.8 Å². The summed E-state index contributed by atoms with van der Waals surface area (Å²) >= 11 is 18.2. The summed E-state index contributed by atoms with van der Waals surface area (Å²) in [6.07, 6.45) is 1.76. The fraction of sp³-hybridized carbons (Fsp3) is 0.312. The monoisotopic (exact) mass is 653 g/mol. The zero-order valence-electron chi connectivity index (χ0n) is 21.9. The van der Waals surface area contributed by atoms with E-state index < -0.39 is 27.6 Å². The molecule has 210 valence electrons. The summed E-state index contributed by atoms with van der Waals surface area (Å²) < 4.78 is 5.99. The number of imide groups is 1. The number of unbranched alkanes of at least 4 members (excludes halogenated alkanes) is 2. The van der Waals surface area contributed by atoms with E-state index in [1.54, 1.807) is 24.3 Å². The first kappa shape index (κ1) is 28.1. The number of ether oxygens (including phenoxy) is 1. The van der Waals surface area contributed by atoms with Gasteiger partial charge in [0.15, 0.2) is 12.4 Å². The standard InChI is InChI=1S/C32H26BrCl2NO5/c33-20-15-13-19(14-16-20)25(37)18-41-26(38)12-2-1-7-17-36-29(39)27-28(30(36)40)32(35)22-9-4-3-8-21(22)31(27,34)23-10-5-6-11-24(23)32/h3-6,8-11,13-16,27-28H,1-2,7,12,17-18H2/t27-,28-,31?,32?/m0/s1. The van der Waals surface area contributed by atoms with Gasteiger partial charge in [-0.3, -0.25) is 24.1 Å². The fourth-order valence-corrected chi connectivity index (χ4v) is 7.96. The number of ketones is 1. The van der Waals surface area contributed by atoms with Gasteiger partial charge in [-0.1, -0.05) is 83.0 Å². The highest BCUT2D eigenvalue weighted by Gasteiger charge is 2.72. The number of carbonyl (C=O) groups excluding carboxylic acids is 4. The lowest BCUT2D eigenvalue weighted by atomic mass is 9.54. The SMILES string of the molecule is O=C(CCCCCN1C(=O)[C@@H]2[C@@H](C1=O)C1(Cl)c3ccccc3C2(Cl)c2ccccc21)OCC(=O)c1ccc(Br)cc1. The molecule has 0 N–H and O–H groups in total. The van der Waals surface area contributed by atoms with Crippen molar-refractivity contribution >= 4 is 62.7 Å². The molecule has 1 heterocycles. The van der Waals surface area contributed by atoms with Gasteiger partial charge in [-0.25, -0.2) is 0 Å². The van der Waals surface area contributed by atoms with Crippen LogP contribution >= 0.6 is 39.1 Å². The van der Waals surface area contributed by atoms with Crippen LogP contribution in [-0.2, 0) is 28.9 Å². The molecule has 2 atom stereocenters. The number of likely N-dealkylation sites (tertiary alicyclic amines) is 1. The number of benzene rings is 3. The lowest BCUT2D eigenvalue weighted by molar-refractivity contribution is -0.143. The van der Waals surface area contributed by atoms with Crippen LogP contribution in [0, 0.1) is 11.8 Å². The predicted molar refractivity (Wildman–Crippen MR) is 158 cm³/mol. The second-order valence-electron chi connectivity index (χ2n) is 10.7. The van der Waals surface area contributed by atoms with E-state index in [1.165, 1.54) is 4.90 Å². The third-order valence-corrected chi connectivity index (χ3v) is 10.3. The Morgan fingerprint density at radius 3 is 1.73 bits per heavy atom. The molecule has 1 fully saturated rings. The molecule has 1 saturated heterocycles. The Balaban J connectivity index is 1.08. The van der Waals surface area contributed by atoms with E-state index in [0.29, 0.717) is 24.8 Å². The maximum Gasteiger partial charge on any atom is 0.306 e. The van der Waals surface area contributed by atoms with Crippen molar-refractivity contribution < 1.29 is 23.9 Å². The van der Waals surface area contributed by atoms with Gasteiger partial charge >= 0.3 is 5.97 Å². The highest BCUT2D eigenvalue weighted by atomic mass is 79.9. The lowest BCUT2D eigenvalue weighted by Crippen LogP contribution is -2.57. The van der Waals surface area contributed by atoms with Gasteiger partial charge < -0.3 is 4.74 Å². The van der Waals surface area contributed by atoms with E-state index >= 15 is 0 Å². The molecule has 0 radical (unpaired) electrons. The number of rotatable bonds is 9. The second-order valence-corrected chi connectivity index (χ2v) is 12.8. The molecule has 1 aliphatic heterocycles. The molecule has 0 spiro atoms. The summed E-state index contributed by atoms with van der Waals surface area (Å²) in [5.41, 5.74) is 3.57. The van der Waals surface area contributed by atoms with E-state index in [4.69, 9.17) is 27.9 Å². The number of hydrogen-bond acceptors (Lipinski definition) is 5. The van der Waals surface area contributed by atoms with Crippen LogP contribution in [-0.4, -0.2) is 41.6 Å². The highest BCUT2D eigenvalue weighted by molar-refractivity contribution is 9.10. The van der Waals surface area contributed by atoms with E-state index in [1.807, 2.05) is 48.5 Å². The number of alkyl halides is 2. The van der Waals surface area contributed by atoms with Gasteiger partial charge in [0.25, 0.3) is 0 Å². The number of halogens is 3. The number of esters is 1. The Bertz CT molecular complexity index is 1450. The van der Waals surface area contributed by atoms with Crippen LogP contribution in [0.4, 0.5) is 0 Å². The molecule has 0 saturated carbocycles. The highest BCUT2D eigenvalue weighted by Crippen LogP contribution is 2.69. The van der Waals surface area contributed by atoms with Crippen LogP contribution in [0.2, 0.25) is 0 Å². The first-order valence-electron chi connectivity index (χ1n) is 13.6. The van der Waals surface area contributed by atoms with E-state index in [0.717, 1.165) is 26.7 Å². The average Bonchev–Trinajstić information content (AvgIpc) is 3.25. The third kappa shape index (κ3) is 4.36. The number of carbonyl (C=O) groups is 4. The van der Waals surface area contributed by atoms with Gasteiger partial charge in [0, 0.05) is 23.0 Å². The molecule has 0 aromatic heterocycles. The van der Waals surface area contributed by atoms with Crippen molar-refractivity contribution in [3.8, 4) is 0 Å². The van der Waals surface area contributed by atoms with Crippen molar-refractivity contribution in [2.75, 3.05) is 13.2 Å². The Hall–Kier alpha value is -3.00. The van der Waals surface area contributed by atoms with Crippen LogP contribution in [0.3, 0.4) is 0 Å². The smallest absolute Gasteiger partial charge is 0.306 e. The van der Waals surface area contributed by atoms with Crippen molar-refractivity contribution in [3.63, 3.8) is 0 Å². The lowest BCUT2D eigenvalue weighted by Gasteiger charge is -2.54. The first-order valence-corrected chi connectivity index (χ1v) is 15.1. The second kappa shape index (κ2) is 10.7. The summed E-state index contributed by atoms with van der Waals surface area (Å²) in [4.78, 5) is 50.9. The predicted octanol–water partition coefficient (Wildman–Crippen LogP) is 6.33. The zero-order chi connectivity index (χ0) is 28.9. The maximum absolute atomic E-state index is 13.8. The quantitative estimate of drug-likeness (QED) is 0.0886. The third-order valence-electron chi connectivity index (χ3n) is 8.47. The van der Waals surface area contributed by atoms with Crippen molar-refractivity contribution in [1.29, 1.82) is 0 Å². The molecular formula is C32H26BrCl2NO5. The molecule has 2 amide bonds. The molecule has 2 bridgehead atoms. The zero-order valence-corrected chi connectivity index (χ0v) is 25.0. The Kier molecular flexibility index (Phi) is 7.33. The topological polar surface area (TPSA) is 80.8 Å². The number of Topliss-reactive ketones (excluding diaryl/α,β-unsaturated/α-hetero) is 1. The molecule has 3 aromatic carbocycles. The Morgan fingerprint density at radius 1 is 0.756 bits per heavy atom. The van der Waals surface area contributed by atoms with Gasteiger partial charge in [0.1, 0.15) is 9.75 Å². The molecule has 0 unspecified atom stereocenters. The van der Waals surface area contributed by atoms with Gasteiger partial charge in [0.2, 0.25) is 11.8 Å². The van der Waals surface area contributed by atoms with E-state index in [2.05, 4.69) is 15.9 Å². The summed E-state index contributed by atoms with van der Waals surface area (Å²) in [5.74, 6) is -2.97. The number of hydrogen-bond donors (Lipinski definition) is 0. The molecule has 3 aliphatic carbocycles. The molecule has 41 heavy (non-hydrogen) atoms. The summed E-state index contributed by atoms with van der Waals surface area (Å²) in [6.45, 7) is -0.0977. The molecule has 9 heteroatoms. The van der Waals surface area contributed by atoms with Crippen molar-refractivity contribution in [3.05, 3.63) is 105 Å². The number of amides is 2. The minimum atomic E-state index is -1.19. The molecular weight excluding hydrogens is 629 g/mol. The normalized spacial score (nSPS) is 25.5. The minimum Gasteiger partial charge on any atom is -0.457 e.